The molecule has 0 heterocycles. The fourth-order valence-electron chi connectivity index (χ4n) is 0.385. The van der Waals surface area contributed by atoms with Crippen molar-refractivity contribution in [1.82, 2.24) is 0 Å². The molecule has 0 bridgehead atoms. The predicted molar refractivity (Wildman–Crippen MR) is 34.3 cm³/mol. The fourth-order valence-corrected chi connectivity index (χ4v) is 0.385. The van der Waals surface area contributed by atoms with Crippen molar-refractivity contribution in [1.29, 1.82) is 0 Å². The van der Waals surface area contributed by atoms with Crippen molar-refractivity contribution in [3.8, 4) is 0 Å². The Morgan fingerprint density at radius 1 is 1.43 bits per heavy atom. The molecule has 2 unspecified atom stereocenters. The molecule has 0 aliphatic rings. The van der Waals surface area contributed by atoms with Gasteiger partial charge in [0.15, 0.2) is 0 Å². The molecule has 0 aromatic carbocycles. The zero-order valence-electron chi connectivity index (χ0n) is 6.73. The molecule has 7 heavy (non-hydrogen) atoms. The van der Waals surface area contributed by atoms with Gasteiger partial charge < -0.3 is 0 Å². The highest BCUT2D eigenvalue weighted by molar-refractivity contribution is 4.52. The molecular formula is C7H16. The van der Waals surface area contributed by atoms with Crippen molar-refractivity contribution < 1.29 is 1.37 Å². The summed E-state index contributed by atoms with van der Waals surface area (Å²) in [6, 6.07) is 0. The first kappa shape index (κ1) is 5.14. The van der Waals surface area contributed by atoms with Crippen LogP contribution >= 0.6 is 0 Å². The summed E-state index contributed by atoms with van der Waals surface area (Å²) in [6.07, 6.45) is 0.0926. The number of hydrogen-bond donors (Lipinski definition) is 0. The lowest BCUT2D eigenvalue weighted by Crippen LogP contribution is -2.00. The summed E-state index contributed by atoms with van der Waals surface area (Å²) in [5.74, 6) is 1.19. The summed E-state index contributed by atoms with van der Waals surface area (Å²) in [5.41, 5.74) is 0. The summed E-state index contributed by atoms with van der Waals surface area (Å²) in [5, 5.41) is 0. The van der Waals surface area contributed by atoms with Gasteiger partial charge in [-0.05, 0) is 11.8 Å². The zero-order valence-corrected chi connectivity index (χ0v) is 5.73. The van der Waals surface area contributed by atoms with Crippen LogP contribution in [0.2, 0.25) is 0 Å². The summed E-state index contributed by atoms with van der Waals surface area (Å²) in [7, 11) is 0. The number of hydrogen-bond acceptors (Lipinski definition) is 0. The van der Waals surface area contributed by atoms with Crippen LogP contribution in [0.5, 0.6) is 0 Å². The van der Waals surface area contributed by atoms with Gasteiger partial charge in [-0.3, -0.25) is 0 Å². The Morgan fingerprint density at radius 3 is 1.86 bits per heavy atom. The van der Waals surface area contributed by atoms with Crippen LogP contribution in [0.3, 0.4) is 0 Å². The van der Waals surface area contributed by atoms with Crippen LogP contribution in [-0.4, -0.2) is 0 Å². The van der Waals surface area contributed by atoms with Gasteiger partial charge in [0.05, 0.1) is 0 Å². The summed E-state index contributed by atoms with van der Waals surface area (Å²) >= 11 is 0. The van der Waals surface area contributed by atoms with Crippen molar-refractivity contribution in [3.63, 3.8) is 0 Å². The normalized spacial score (nSPS) is 21.6. The van der Waals surface area contributed by atoms with E-state index < -0.39 is 0 Å². The maximum atomic E-state index is 7.31. The lowest BCUT2D eigenvalue weighted by Gasteiger charge is -2.10. The lowest BCUT2D eigenvalue weighted by atomic mass is 9.96. The minimum Gasteiger partial charge on any atom is -0.0651 e. The molecule has 2 atom stereocenters. The molecule has 0 rings (SSSR count). The monoisotopic (exact) mass is 102 g/mol. The standard InChI is InChI=1S/C7H16/c1-5-7(4)6(2)3/h6-7H,5H2,1-4H3/i5T. The van der Waals surface area contributed by atoms with Crippen molar-refractivity contribution >= 4 is 0 Å². The van der Waals surface area contributed by atoms with Gasteiger partial charge >= 0.3 is 0 Å². The molecule has 0 radical (unpaired) electrons. The topological polar surface area (TPSA) is 0 Å². The van der Waals surface area contributed by atoms with Crippen LogP contribution in [-0.2, 0) is 0 Å². The quantitative estimate of drug-likeness (QED) is 0.503. The minimum atomic E-state index is 0.0926. The summed E-state index contributed by atoms with van der Waals surface area (Å²) in [6.45, 7) is 8.40. The zero-order chi connectivity index (χ0) is 6.73. The van der Waals surface area contributed by atoms with E-state index in [-0.39, 0.29) is 6.40 Å². The van der Waals surface area contributed by atoms with Gasteiger partial charge in [0, 0.05) is 1.37 Å². The molecule has 0 aliphatic heterocycles. The molecule has 0 saturated heterocycles. The first-order valence-corrected chi connectivity index (χ1v) is 2.98. The molecule has 0 saturated carbocycles. The van der Waals surface area contributed by atoms with E-state index in [9.17, 15) is 0 Å². The van der Waals surface area contributed by atoms with Crippen molar-refractivity contribution in [3.05, 3.63) is 0 Å². The predicted octanol–water partition coefficient (Wildman–Crippen LogP) is 2.69. The molecule has 0 fully saturated rings. The highest BCUT2D eigenvalue weighted by Gasteiger charge is 2.01. The first-order chi connectivity index (χ1) is 3.55. The van der Waals surface area contributed by atoms with Gasteiger partial charge in [0.25, 0.3) is 0 Å². The maximum Gasteiger partial charge on any atom is 0.0267 e. The summed E-state index contributed by atoms with van der Waals surface area (Å²) in [4.78, 5) is 0. The van der Waals surface area contributed by atoms with Crippen molar-refractivity contribution in [2.24, 2.45) is 11.8 Å². The van der Waals surface area contributed by atoms with Gasteiger partial charge in [0.1, 0.15) is 0 Å². The Morgan fingerprint density at radius 2 is 1.86 bits per heavy atom. The smallest absolute Gasteiger partial charge is 0.0267 e. The Hall–Kier alpha value is 0. The molecule has 0 aromatic rings. The molecule has 0 amide bonds. The van der Waals surface area contributed by atoms with Crippen molar-refractivity contribution in [2.45, 2.75) is 34.1 Å². The van der Waals surface area contributed by atoms with Gasteiger partial charge in [0.2, 0.25) is 0 Å². The average Bonchev–Trinajstić information content (AvgIpc) is 1.64. The molecule has 0 spiro atoms. The van der Waals surface area contributed by atoms with Crippen LogP contribution in [0.4, 0.5) is 0 Å². The van der Waals surface area contributed by atoms with E-state index in [1.807, 2.05) is 6.92 Å². The van der Waals surface area contributed by atoms with E-state index in [0.29, 0.717) is 11.8 Å². The maximum absolute atomic E-state index is 7.31. The molecule has 0 aliphatic carbocycles. The van der Waals surface area contributed by atoms with E-state index >= 15 is 0 Å². The van der Waals surface area contributed by atoms with Gasteiger partial charge in [-0.1, -0.05) is 34.1 Å². The highest BCUT2D eigenvalue weighted by Crippen LogP contribution is 2.11. The van der Waals surface area contributed by atoms with Crippen LogP contribution in [0.15, 0.2) is 0 Å². The fraction of sp³-hybridized carbons (Fsp3) is 1.00. The summed E-state index contributed by atoms with van der Waals surface area (Å²) < 4.78 is 7.31. The second-order valence-corrected chi connectivity index (χ2v) is 2.44. The van der Waals surface area contributed by atoms with E-state index in [1.54, 1.807) is 0 Å². The van der Waals surface area contributed by atoms with Crippen LogP contribution in [0, 0.1) is 11.8 Å². The third-order valence-electron chi connectivity index (χ3n) is 1.58. The molecule has 0 heteroatoms. The first-order valence-electron chi connectivity index (χ1n) is 3.55. The SMILES string of the molecule is [3H]C(C)C(C)C(C)C. The second-order valence-electron chi connectivity index (χ2n) is 2.44. The molecule has 0 N–H and O–H groups in total. The minimum absolute atomic E-state index is 0.0926. The highest BCUT2D eigenvalue weighted by atomic mass is 14.1. The van der Waals surface area contributed by atoms with Gasteiger partial charge in [-0.2, -0.15) is 0 Å². The van der Waals surface area contributed by atoms with Crippen molar-refractivity contribution in [2.75, 3.05) is 0 Å². The van der Waals surface area contributed by atoms with E-state index in [0.717, 1.165) is 0 Å². The Kier molecular flexibility index (Phi) is 2.25. The third-order valence-corrected chi connectivity index (χ3v) is 1.58. The van der Waals surface area contributed by atoms with Crippen LogP contribution < -0.4 is 0 Å². The van der Waals surface area contributed by atoms with E-state index in [1.165, 1.54) is 0 Å². The Labute approximate surface area is 48.3 Å². The molecule has 0 aromatic heterocycles. The van der Waals surface area contributed by atoms with Crippen LogP contribution in [0.1, 0.15) is 35.5 Å². The van der Waals surface area contributed by atoms with Gasteiger partial charge in [-0.15, -0.1) is 0 Å². The van der Waals surface area contributed by atoms with Crippen LogP contribution in [0.25, 0.3) is 0 Å². The molecular weight excluding hydrogens is 84.1 g/mol. The lowest BCUT2D eigenvalue weighted by molar-refractivity contribution is 0.407. The number of rotatable bonds is 2. The third kappa shape index (κ3) is 2.67. The van der Waals surface area contributed by atoms with E-state index in [2.05, 4.69) is 20.8 Å². The van der Waals surface area contributed by atoms with E-state index in [4.69, 9.17) is 1.37 Å². The second kappa shape index (κ2) is 3.06. The molecule has 0 nitrogen and oxygen atoms in total. The molecule has 44 valence electrons. The van der Waals surface area contributed by atoms with Gasteiger partial charge in [-0.25, -0.2) is 0 Å². The largest absolute Gasteiger partial charge is 0.0651 e. The Bertz CT molecular complexity index is 49.4. The average molecular weight is 102 g/mol. The Balaban J connectivity index is 3.46.